The summed E-state index contributed by atoms with van der Waals surface area (Å²) in [5.74, 6) is -3.67. The van der Waals surface area contributed by atoms with E-state index in [0.29, 0.717) is 52.2 Å². The Hall–Kier alpha value is -5.57. The number of methoxy groups -OCH3 is 1. The molecule has 0 aliphatic carbocycles. The summed E-state index contributed by atoms with van der Waals surface area (Å²) < 4.78 is 19.7. The lowest BCUT2D eigenvalue weighted by Crippen LogP contribution is -2.51. The number of hydrogen-bond acceptors (Lipinski definition) is 10. The molecule has 1 unspecified atom stereocenters. The molecule has 6 rings (SSSR count). The molecule has 0 saturated carbocycles. The molecular weight excluding hydrogens is 881 g/mol. The summed E-state index contributed by atoms with van der Waals surface area (Å²) in [7, 11) is 7.40. The summed E-state index contributed by atoms with van der Waals surface area (Å²) in [4.78, 5) is 62.2. The Bertz CT molecular complexity index is 2420. The maximum atomic E-state index is 14.4. The monoisotopic (exact) mass is 939 g/mol. The lowest BCUT2D eigenvalue weighted by Gasteiger charge is -2.38. The Kier molecular flexibility index (Phi) is 17.6. The first kappa shape index (κ1) is 49.9. The zero-order valence-corrected chi connectivity index (χ0v) is 39.6. The van der Waals surface area contributed by atoms with Gasteiger partial charge in [-0.05, 0) is 117 Å². The van der Waals surface area contributed by atoms with E-state index in [2.05, 4.69) is 15.6 Å². The van der Waals surface area contributed by atoms with Gasteiger partial charge in [-0.1, -0.05) is 78.7 Å². The van der Waals surface area contributed by atoms with Crippen molar-refractivity contribution in [3.63, 3.8) is 0 Å². The van der Waals surface area contributed by atoms with Gasteiger partial charge in [0.1, 0.15) is 23.4 Å². The number of hydrogen-bond donors (Lipinski definition) is 3. The summed E-state index contributed by atoms with van der Waals surface area (Å²) in [6.45, 7) is 3.61. The van der Waals surface area contributed by atoms with E-state index >= 15 is 0 Å². The number of ether oxygens (including phenoxy) is 3. The molecule has 0 spiro atoms. The average molecular weight is 941 g/mol. The fraction of sp³-hybridized carbons (Fsp3) is 0.392. The first-order chi connectivity index (χ1) is 31.6. The first-order valence-corrected chi connectivity index (χ1v) is 22.9. The Balaban J connectivity index is 1.25. The minimum Gasteiger partial charge on any atom is -0.478 e. The normalized spacial score (nSPS) is 16.8. The largest absolute Gasteiger partial charge is 0.478 e. The number of Topliss-reactive ketones (excluding diaryl/α,β-unsaturated/α-hetero) is 1. The van der Waals surface area contributed by atoms with E-state index in [4.69, 9.17) is 37.4 Å². The van der Waals surface area contributed by atoms with Crippen molar-refractivity contribution in [3.05, 3.63) is 136 Å². The van der Waals surface area contributed by atoms with Crippen LogP contribution in [0.15, 0.2) is 103 Å². The number of rotatable bonds is 22. The second-order valence-electron chi connectivity index (χ2n) is 17.5. The van der Waals surface area contributed by atoms with Crippen LogP contribution in [0.2, 0.25) is 10.0 Å². The molecule has 0 radical (unpaired) electrons. The number of piperidine rings is 1. The second-order valence-corrected chi connectivity index (χ2v) is 18.4. The van der Waals surface area contributed by atoms with Crippen LogP contribution in [0, 0.1) is 17.3 Å². The Labute approximate surface area is 396 Å². The molecule has 2 heterocycles. The molecule has 1 saturated heterocycles. The Morgan fingerprint density at radius 2 is 1.65 bits per heavy atom. The SMILES string of the molecule is COC[C@H](NC(=O)[C@H](C)C(Cc1ccc(Cl)cc1Oc1ccc(-c2cnc(CN(C)C)n2C)cc1)C(=O)O[C@@H](Cc1ccccc1)C(=O)O)C(=O)C[C@@]1(Cc2ccc(Cl)cc2)CCCNC1. The van der Waals surface area contributed by atoms with Gasteiger partial charge in [0, 0.05) is 55.1 Å². The number of aromatic nitrogens is 2. The van der Waals surface area contributed by atoms with Crippen LogP contribution < -0.4 is 15.4 Å². The zero-order chi connectivity index (χ0) is 47.4. The number of carboxylic acid groups (broad SMARTS) is 1. The first-order valence-electron chi connectivity index (χ1n) is 22.1. The number of aliphatic carboxylic acids is 1. The van der Waals surface area contributed by atoms with Crippen LogP contribution in [0.1, 0.15) is 48.7 Å². The van der Waals surface area contributed by atoms with E-state index in [1.54, 1.807) is 55.5 Å². The van der Waals surface area contributed by atoms with Gasteiger partial charge < -0.3 is 39.4 Å². The number of halogens is 2. The predicted molar refractivity (Wildman–Crippen MR) is 255 cm³/mol. The van der Waals surface area contributed by atoms with Crippen molar-refractivity contribution in [2.24, 2.45) is 24.3 Å². The van der Waals surface area contributed by atoms with Crippen LogP contribution >= 0.6 is 23.2 Å². The van der Waals surface area contributed by atoms with E-state index in [1.165, 1.54) is 7.11 Å². The molecule has 1 aliphatic rings. The van der Waals surface area contributed by atoms with Crippen LogP contribution in [-0.4, -0.2) is 96.2 Å². The number of esters is 1. The number of nitrogens with zero attached hydrogens (tertiary/aromatic N) is 3. The van der Waals surface area contributed by atoms with Crippen molar-refractivity contribution in [2.45, 2.75) is 64.1 Å². The standard InChI is InChI=1S/C51H59Cl2N5O8/c1-33(48(60)56-42(31-64-5)44(59)28-51(22-9-23-54-32-51)27-35-12-17-38(52)18-13-35)41(50(63)66-46(49(61)62)24-34-10-7-6-8-11-34)25-37-14-19-39(53)26-45(37)65-40-20-15-36(16-21-40)43-29-55-47(58(43)4)30-57(2)3/h6-8,10-21,26,29,33,41-42,46,54H,9,22-25,27-28,30-32H2,1-5H3,(H,56,60)(H,61,62)/t33-,41?,42+,46+,51+/m1/s1. The molecule has 1 aliphatic heterocycles. The van der Waals surface area contributed by atoms with E-state index in [0.717, 1.165) is 42.0 Å². The highest BCUT2D eigenvalue weighted by Gasteiger charge is 2.40. The topological polar surface area (TPSA) is 161 Å². The summed E-state index contributed by atoms with van der Waals surface area (Å²) in [5.41, 5.74) is 3.66. The van der Waals surface area contributed by atoms with Gasteiger partial charge in [-0.25, -0.2) is 9.78 Å². The molecule has 5 aromatic rings. The molecule has 4 aromatic carbocycles. The summed E-state index contributed by atoms with van der Waals surface area (Å²) in [6, 6.07) is 27.8. The van der Waals surface area contributed by atoms with Crippen LogP contribution in [0.5, 0.6) is 11.5 Å². The molecule has 15 heteroatoms. The molecule has 1 amide bonds. The van der Waals surface area contributed by atoms with Crippen molar-refractivity contribution in [3.8, 4) is 22.8 Å². The molecule has 3 N–H and O–H groups in total. The molecule has 5 atom stereocenters. The van der Waals surface area contributed by atoms with Crippen LogP contribution in [0.3, 0.4) is 0 Å². The van der Waals surface area contributed by atoms with Crippen molar-refractivity contribution < 1.29 is 38.5 Å². The third-order valence-electron chi connectivity index (χ3n) is 12.1. The number of amides is 1. The van der Waals surface area contributed by atoms with E-state index in [1.807, 2.05) is 85.3 Å². The van der Waals surface area contributed by atoms with Gasteiger partial charge in [0.2, 0.25) is 12.0 Å². The van der Waals surface area contributed by atoms with E-state index < -0.39 is 47.2 Å². The molecule has 1 aromatic heterocycles. The van der Waals surface area contributed by atoms with Crippen LogP contribution in [-0.2, 0) is 61.5 Å². The number of benzene rings is 4. The highest BCUT2D eigenvalue weighted by atomic mass is 35.5. The van der Waals surface area contributed by atoms with Crippen LogP contribution in [0.25, 0.3) is 11.3 Å². The maximum absolute atomic E-state index is 14.4. The number of ketones is 1. The van der Waals surface area contributed by atoms with E-state index in [9.17, 15) is 24.3 Å². The minimum atomic E-state index is -1.54. The predicted octanol–water partition coefficient (Wildman–Crippen LogP) is 7.98. The van der Waals surface area contributed by atoms with Gasteiger partial charge in [0.15, 0.2) is 5.78 Å². The van der Waals surface area contributed by atoms with Gasteiger partial charge in [0.05, 0.1) is 31.0 Å². The van der Waals surface area contributed by atoms with Gasteiger partial charge in [-0.15, -0.1) is 0 Å². The number of imidazole rings is 1. The van der Waals surface area contributed by atoms with E-state index in [-0.39, 0.29) is 31.7 Å². The third kappa shape index (κ3) is 13.5. The number of carbonyl (C=O) groups is 4. The van der Waals surface area contributed by atoms with Gasteiger partial charge in [0.25, 0.3) is 0 Å². The van der Waals surface area contributed by atoms with Gasteiger partial charge >= 0.3 is 11.9 Å². The molecule has 1 fully saturated rings. The Morgan fingerprint density at radius 1 is 0.939 bits per heavy atom. The average Bonchev–Trinajstić information content (AvgIpc) is 3.65. The number of carbonyl (C=O) groups excluding carboxylic acids is 3. The number of nitrogens with one attached hydrogen (secondary N) is 2. The minimum absolute atomic E-state index is 0.0899. The molecular formula is C51H59Cl2N5O8. The summed E-state index contributed by atoms with van der Waals surface area (Å²) >= 11 is 12.7. The zero-order valence-electron chi connectivity index (χ0n) is 38.1. The summed E-state index contributed by atoms with van der Waals surface area (Å²) in [6.07, 6.45) is 2.59. The summed E-state index contributed by atoms with van der Waals surface area (Å²) in [5, 5.41) is 17.6. The smallest absolute Gasteiger partial charge is 0.345 e. The lowest BCUT2D eigenvalue weighted by molar-refractivity contribution is -0.168. The molecule has 13 nitrogen and oxygen atoms in total. The molecule has 66 heavy (non-hydrogen) atoms. The second kappa shape index (κ2) is 23.2. The van der Waals surface area contributed by atoms with Crippen molar-refractivity contribution in [1.82, 2.24) is 25.1 Å². The highest BCUT2D eigenvalue weighted by molar-refractivity contribution is 6.31. The third-order valence-corrected chi connectivity index (χ3v) is 12.6. The maximum Gasteiger partial charge on any atom is 0.345 e. The van der Waals surface area contributed by atoms with Crippen molar-refractivity contribution >= 4 is 46.8 Å². The van der Waals surface area contributed by atoms with Gasteiger partial charge in [-0.3, -0.25) is 14.4 Å². The highest BCUT2D eigenvalue weighted by Crippen LogP contribution is 2.37. The molecule has 350 valence electrons. The fourth-order valence-corrected chi connectivity index (χ4v) is 8.77. The Morgan fingerprint density at radius 3 is 2.30 bits per heavy atom. The molecule has 0 bridgehead atoms. The van der Waals surface area contributed by atoms with Crippen molar-refractivity contribution in [1.29, 1.82) is 0 Å². The fourth-order valence-electron chi connectivity index (χ4n) is 8.49. The lowest BCUT2D eigenvalue weighted by atomic mass is 9.71. The van der Waals surface area contributed by atoms with Crippen LogP contribution in [0.4, 0.5) is 0 Å². The quantitative estimate of drug-likeness (QED) is 0.0578. The number of carboxylic acids is 1. The van der Waals surface area contributed by atoms with Gasteiger partial charge in [-0.2, -0.15) is 0 Å². The van der Waals surface area contributed by atoms with Crippen molar-refractivity contribution in [2.75, 3.05) is 40.9 Å².